The molecule has 6 heteroatoms. The molecule has 0 aliphatic heterocycles. The van der Waals surface area contributed by atoms with Crippen molar-refractivity contribution in [2.45, 2.75) is 39.8 Å². The minimum absolute atomic E-state index is 0.0436. The summed E-state index contributed by atoms with van der Waals surface area (Å²) in [6.07, 6.45) is 5.17. The fourth-order valence-electron chi connectivity index (χ4n) is 3.93. The molecule has 0 spiro atoms. The first kappa shape index (κ1) is 22.5. The third kappa shape index (κ3) is 5.22. The average Bonchev–Trinajstić information content (AvgIpc) is 3.18. The summed E-state index contributed by atoms with van der Waals surface area (Å²) < 4.78 is 8.24. The molecule has 0 unspecified atom stereocenters. The summed E-state index contributed by atoms with van der Waals surface area (Å²) in [5.41, 5.74) is 5.10. The van der Waals surface area contributed by atoms with Crippen molar-refractivity contribution in [1.29, 1.82) is 0 Å². The summed E-state index contributed by atoms with van der Waals surface area (Å²) in [5.74, 6) is 1.80. The number of hydrogen-bond acceptors (Lipinski definition) is 4. The Labute approximate surface area is 194 Å². The number of carbonyl (C=O) groups excluding carboxylic acids is 1. The van der Waals surface area contributed by atoms with Crippen LogP contribution in [0.2, 0.25) is 0 Å². The highest BCUT2D eigenvalue weighted by molar-refractivity contribution is 5.93. The highest BCUT2D eigenvalue weighted by Gasteiger charge is 2.17. The summed E-state index contributed by atoms with van der Waals surface area (Å²) in [6, 6.07) is 17.8. The summed E-state index contributed by atoms with van der Waals surface area (Å²) >= 11 is 0. The second-order valence-corrected chi connectivity index (χ2v) is 8.32. The van der Waals surface area contributed by atoms with E-state index < -0.39 is 0 Å². The minimum Gasteiger partial charge on any atom is -0.493 e. The molecule has 2 aromatic carbocycles. The van der Waals surface area contributed by atoms with Crippen molar-refractivity contribution in [2.24, 2.45) is 0 Å². The van der Waals surface area contributed by atoms with Crippen LogP contribution in [0.1, 0.15) is 40.2 Å². The first-order chi connectivity index (χ1) is 16.0. The lowest BCUT2D eigenvalue weighted by Gasteiger charge is -2.18. The average molecular weight is 443 g/mol. The Morgan fingerprint density at radius 1 is 1.00 bits per heavy atom. The fraction of sp³-hybridized carbons (Fsp3) is 0.296. The van der Waals surface area contributed by atoms with E-state index in [2.05, 4.69) is 35.5 Å². The van der Waals surface area contributed by atoms with Crippen LogP contribution < -0.4 is 4.74 Å². The van der Waals surface area contributed by atoms with E-state index in [0.29, 0.717) is 18.7 Å². The molecule has 4 aromatic rings. The normalized spacial score (nSPS) is 11.0. The number of para-hydroxylation sites is 2. The SMILES string of the molecule is Cc1cccc(OCCCCn2c(CN(C)C(=O)c3ccncc3)nc3ccccc32)c1C. The molecule has 2 heterocycles. The molecule has 2 aromatic heterocycles. The Kier molecular flexibility index (Phi) is 7.03. The van der Waals surface area contributed by atoms with Gasteiger partial charge in [-0.05, 0) is 68.1 Å². The van der Waals surface area contributed by atoms with Gasteiger partial charge in [0.2, 0.25) is 0 Å². The van der Waals surface area contributed by atoms with Gasteiger partial charge in [-0.2, -0.15) is 0 Å². The van der Waals surface area contributed by atoms with Crippen LogP contribution in [0.4, 0.5) is 0 Å². The van der Waals surface area contributed by atoms with Crippen LogP contribution in [-0.2, 0) is 13.1 Å². The van der Waals surface area contributed by atoms with Crippen LogP contribution >= 0.6 is 0 Å². The fourth-order valence-corrected chi connectivity index (χ4v) is 3.93. The van der Waals surface area contributed by atoms with Crippen molar-refractivity contribution >= 4 is 16.9 Å². The Morgan fingerprint density at radius 3 is 2.61 bits per heavy atom. The van der Waals surface area contributed by atoms with Crippen molar-refractivity contribution in [1.82, 2.24) is 19.4 Å². The van der Waals surface area contributed by atoms with Gasteiger partial charge < -0.3 is 14.2 Å². The molecule has 1 amide bonds. The predicted octanol–water partition coefficient (Wildman–Crippen LogP) is 5.18. The number of pyridine rings is 1. The molecule has 0 bridgehead atoms. The van der Waals surface area contributed by atoms with Gasteiger partial charge in [-0.3, -0.25) is 9.78 Å². The number of aromatic nitrogens is 3. The number of imidazole rings is 1. The highest BCUT2D eigenvalue weighted by Crippen LogP contribution is 2.22. The van der Waals surface area contributed by atoms with E-state index in [1.165, 1.54) is 11.1 Å². The number of ether oxygens (including phenoxy) is 1. The molecule has 4 rings (SSSR count). The largest absolute Gasteiger partial charge is 0.493 e. The lowest BCUT2D eigenvalue weighted by molar-refractivity contribution is 0.0780. The van der Waals surface area contributed by atoms with Gasteiger partial charge in [0.25, 0.3) is 5.91 Å². The molecule has 0 N–H and O–H groups in total. The van der Waals surface area contributed by atoms with E-state index in [9.17, 15) is 4.79 Å². The van der Waals surface area contributed by atoms with Crippen molar-refractivity contribution in [3.63, 3.8) is 0 Å². The summed E-state index contributed by atoms with van der Waals surface area (Å²) in [7, 11) is 1.81. The molecular weight excluding hydrogens is 412 g/mol. The number of amides is 1. The van der Waals surface area contributed by atoms with Crippen molar-refractivity contribution in [3.8, 4) is 5.75 Å². The van der Waals surface area contributed by atoms with E-state index in [-0.39, 0.29) is 5.91 Å². The first-order valence-electron chi connectivity index (χ1n) is 11.3. The third-order valence-electron chi connectivity index (χ3n) is 5.97. The zero-order valence-electron chi connectivity index (χ0n) is 19.5. The number of fused-ring (bicyclic) bond motifs is 1. The molecule has 0 fully saturated rings. The Hall–Kier alpha value is -3.67. The van der Waals surface area contributed by atoms with Gasteiger partial charge in [0, 0.05) is 31.5 Å². The van der Waals surface area contributed by atoms with Crippen LogP contribution in [0.15, 0.2) is 67.0 Å². The van der Waals surface area contributed by atoms with Crippen LogP contribution in [0, 0.1) is 13.8 Å². The standard InChI is InChI=1S/C27H30N4O2/c1-20-9-8-12-25(21(20)2)33-18-7-6-17-31-24-11-5-4-10-23(24)29-26(31)19-30(3)27(32)22-13-15-28-16-14-22/h4-5,8-16H,6-7,17-19H2,1-3H3. The molecule has 0 atom stereocenters. The molecule has 6 nitrogen and oxygen atoms in total. The van der Waals surface area contributed by atoms with Gasteiger partial charge in [0.1, 0.15) is 11.6 Å². The van der Waals surface area contributed by atoms with Crippen LogP contribution in [0.3, 0.4) is 0 Å². The van der Waals surface area contributed by atoms with Crippen molar-refractivity contribution in [3.05, 3.63) is 89.5 Å². The molecule has 0 saturated carbocycles. The molecule has 0 aliphatic carbocycles. The van der Waals surface area contributed by atoms with Gasteiger partial charge in [-0.25, -0.2) is 4.98 Å². The number of aryl methyl sites for hydroxylation is 2. The molecular formula is C27H30N4O2. The topological polar surface area (TPSA) is 60.2 Å². The molecule has 0 saturated heterocycles. The Morgan fingerprint density at radius 2 is 1.79 bits per heavy atom. The summed E-state index contributed by atoms with van der Waals surface area (Å²) in [5, 5.41) is 0. The number of rotatable bonds is 9. The minimum atomic E-state index is -0.0436. The number of benzene rings is 2. The van der Waals surface area contributed by atoms with E-state index in [0.717, 1.165) is 42.0 Å². The van der Waals surface area contributed by atoms with Gasteiger partial charge in [-0.15, -0.1) is 0 Å². The molecule has 170 valence electrons. The Bertz CT molecular complexity index is 1230. The smallest absolute Gasteiger partial charge is 0.254 e. The number of carbonyl (C=O) groups is 1. The molecule has 0 aliphatic rings. The van der Waals surface area contributed by atoms with Crippen LogP contribution in [0.25, 0.3) is 11.0 Å². The van der Waals surface area contributed by atoms with Gasteiger partial charge in [0.15, 0.2) is 0 Å². The maximum atomic E-state index is 12.8. The zero-order chi connectivity index (χ0) is 23.2. The number of nitrogens with zero attached hydrogens (tertiary/aromatic N) is 4. The predicted molar refractivity (Wildman–Crippen MR) is 130 cm³/mol. The van der Waals surface area contributed by atoms with Crippen LogP contribution in [0.5, 0.6) is 5.75 Å². The second kappa shape index (κ2) is 10.3. The monoisotopic (exact) mass is 442 g/mol. The maximum absolute atomic E-state index is 12.8. The van der Waals surface area contributed by atoms with Crippen molar-refractivity contribution in [2.75, 3.05) is 13.7 Å². The van der Waals surface area contributed by atoms with E-state index in [4.69, 9.17) is 9.72 Å². The maximum Gasteiger partial charge on any atom is 0.254 e. The van der Waals surface area contributed by atoms with E-state index in [1.54, 1.807) is 29.4 Å². The summed E-state index contributed by atoms with van der Waals surface area (Å²) in [6.45, 7) is 6.13. The van der Waals surface area contributed by atoms with Gasteiger partial charge in [-0.1, -0.05) is 24.3 Å². The summed E-state index contributed by atoms with van der Waals surface area (Å²) in [4.78, 5) is 23.3. The van der Waals surface area contributed by atoms with E-state index >= 15 is 0 Å². The third-order valence-corrected chi connectivity index (χ3v) is 5.97. The first-order valence-corrected chi connectivity index (χ1v) is 11.3. The molecule has 33 heavy (non-hydrogen) atoms. The second-order valence-electron chi connectivity index (χ2n) is 8.32. The van der Waals surface area contributed by atoms with Gasteiger partial charge in [0.05, 0.1) is 24.2 Å². The van der Waals surface area contributed by atoms with Crippen molar-refractivity contribution < 1.29 is 9.53 Å². The number of hydrogen-bond donors (Lipinski definition) is 0. The van der Waals surface area contributed by atoms with Crippen LogP contribution in [-0.4, -0.2) is 39.0 Å². The number of unbranched alkanes of at least 4 members (excludes halogenated alkanes) is 1. The van der Waals surface area contributed by atoms with Gasteiger partial charge >= 0.3 is 0 Å². The highest BCUT2D eigenvalue weighted by atomic mass is 16.5. The zero-order valence-corrected chi connectivity index (χ0v) is 19.5. The lowest BCUT2D eigenvalue weighted by atomic mass is 10.1. The quantitative estimate of drug-likeness (QED) is 0.335. The Balaban J connectivity index is 1.42. The van der Waals surface area contributed by atoms with E-state index in [1.807, 2.05) is 37.4 Å². The lowest BCUT2D eigenvalue weighted by Crippen LogP contribution is -2.27. The molecule has 0 radical (unpaired) electrons.